The lowest BCUT2D eigenvalue weighted by Crippen LogP contribution is -1.63. The van der Waals surface area contributed by atoms with E-state index in [2.05, 4.69) is 10.2 Å². The highest BCUT2D eigenvalue weighted by molar-refractivity contribution is 5.77. The molecule has 0 bridgehead atoms. The van der Waals surface area contributed by atoms with Gasteiger partial charge in [0.25, 0.3) is 0 Å². The maximum atomic E-state index is 3.88. The number of hydrogen-bond acceptors (Lipinski definition) is 1. The maximum absolute atomic E-state index is 3.88. The molecule has 0 aliphatic carbocycles. The van der Waals surface area contributed by atoms with E-state index in [1.807, 2.05) is 30.5 Å². The highest BCUT2D eigenvalue weighted by Crippen LogP contribution is 2.06. The Kier molecular flexibility index (Phi) is 1.71. The average Bonchev–Trinajstić information content (AvgIpc) is 2.33. The smallest absolute Gasteiger partial charge is 0.0650 e. The van der Waals surface area contributed by atoms with Crippen LogP contribution >= 0.6 is 0 Å². The van der Waals surface area contributed by atoms with E-state index >= 15 is 0 Å². The van der Waals surface area contributed by atoms with Gasteiger partial charge in [-0.25, -0.2) is 0 Å². The van der Waals surface area contributed by atoms with Crippen LogP contribution in [0.1, 0.15) is 7.43 Å². The van der Waals surface area contributed by atoms with E-state index in [0.29, 0.717) is 0 Å². The first-order valence-electron chi connectivity index (χ1n) is 2.85. The topological polar surface area (TPSA) is 28.7 Å². The lowest BCUT2D eigenvalue weighted by molar-refractivity contribution is 1.12. The van der Waals surface area contributed by atoms with Crippen molar-refractivity contribution in [3.05, 3.63) is 30.5 Å². The molecule has 1 aromatic carbocycles. The van der Waals surface area contributed by atoms with Crippen LogP contribution in [0.2, 0.25) is 0 Å². The molecule has 2 heteroatoms. The summed E-state index contributed by atoms with van der Waals surface area (Å²) in [7, 11) is 0. The van der Waals surface area contributed by atoms with Gasteiger partial charge in [0.1, 0.15) is 0 Å². The molecule has 0 saturated carbocycles. The third-order valence-electron chi connectivity index (χ3n) is 1.35. The Labute approximate surface area is 59.9 Å². The number of hydrogen-bond donors (Lipinski definition) is 1. The monoisotopic (exact) mass is 134 g/mol. The Morgan fingerprint density at radius 3 is 2.80 bits per heavy atom. The summed E-state index contributed by atoms with van der Waals surface area (Å²) in [6.45, 7) is 0. The van der Waals surface area contributed by atoms with Gasteiger partial charge in [-0.2, -0.15) is 5.10 Å². The summed E-state index contributed by atoms with van der Waals surface area (Å²) < 4.78 is 0. The van der Waals surface area contributed by atoms with Crippen molar-refractivity contribution in [2.45, 2.75) is 7.43 Å². The van der Waals surface area contributed by atoms with E-state index in [0.717, 1.165) is 10.9 Å². The molecule has 52 valence electrons. The van der Waals surface area contributed by atoms with Crippen LogP contribution in [-0.4, -0.2) is 10.2 Å². The Morgan fingerprint density at radius 1 is 1.20 bits per heavy atom. The fourth-order valence-corrected chi connectivity index (χ4v) is 0.883. The van der Waals surface area contributed by atoms with Gasteiger partial charge in [-0.3, -0.25) is 5.10 Å². The van der Waals surface area contributed by atoms with Gasteiger partial charge in [0.2, 0.25) is 0 Å². The van der Waals surface area contributed by atoms with Crippen molar-refractivity contribution in [2.24, 2.45) is 0 Å². The Hall–Kier alpha value is -1.31. The summed E-state index contributed by atoms with van der Waals surface area (Å²) in [5, 5.41) is 7.91. The summed E-state index contributed by atoms with van der Waals surface area (Å²) in [5.74, 6) is 0. The minimum Gasteiger partial charge on any atom is -0.278 e. The van der Waals surface area contributed by atoms with Gasteiger partial charge in [-0.05, 0) is 6.07 Å². The molecule has 1 heterocycles. The lowest BCUT2D eigenvalue weighted by Gasteiger charge is -1.81. The molecule has 10 heavy (non-hydrogen) atoms. The standard InChI is InChI=1S/C7H6N2.CH4/c1-2-4-7-6(3-1)5-8-9-7;/h1-5H,(H,8,9);1H4. The first kappa shape index (κ1) is 6.81. The van der Waals surface area contributed by atoms with Crippen LogP contribution < -0.4 is 0 Å². The summed E-state index contributed by atoms with van der Waals surface area (Å²) in [5.41, 5.74) is 1.09. The number of rotatable bonds is 0. The molecule has 0 aliphatic heterocycles. The number of aromatic amines is 1. The zero-order valence-electron chi connectivity index (χ0n) is 4.83. The van der Waals surface area contributed by atoms with Crippen LogP contribution in [0.25, 0.3) is 10.9 Å². The number of fused-ring (bicyclic) bond motifs is 1. The van der Waals surface area contributed by atoms with E-state index in [-0.39, 0.29) is 7.43 Å². The Balaban J connectivity index is 0.000000500. The third kappa shape index (κ3) is 0.880. The molecule has 1 aromatic heterocycles. The van der Waals surface area contributed by atoms with E-state index in [9.17, 15) is 0 Å². The maximum Gasteiger partial charge on any atom is 0.0650 e. The second kappa shape index (κ2) is 2.52. The van der Waals surface area contributed by atoms with Gasteiger partial charge in [-0.1, -0.05) is 25.6 Å². The average molecular weight is 134 g/mol. The molecule has 1 N–H and O–H groups in total. The zero-order valence-corrected chi connectivity index (χ0v) is 4.83. The number of nitrogens with zero attached hydrogens (tertiary/aromatic N) is 1. The van der Waals surface area contributed by atoms with Gasteiger partial charge in [0.05, 0.1) is 11.7 Å². The quantitative estimate of drug-likeness (QED) is 0.587. The summed E-state index contributed by atoms with van der Waals surface area (Å²) in [6.07, 6.45) is 1.81. The molecule has 2 aromatic rings. The van der Waals surface area contributed by atoms with Crippen molar-refractivity contribution >= 4 is 10.9 Å². The fourth-order valence-electron chi connectivity index (χ4n) is 0.883. The molecule has 0 atom stereocenters. The zero-order chi connectivity index (χ0) is 6.10. The molecule has 0 fully saturated rings. The van der Waals surface area contributed by atoms with Crippen molar-refractivity contribution in [3.63, 3.8) is 0 Å². The Morgan fingerprint density at radius 2 is 2.00 bits per heavy atom. The predicted molar refractivity (Wildman–Crippen MR) is 42.8 cm³/mol. The molecule has 0 unspecified atom stereocenters. The van der Waals surface area contributed by atoms with Gasteiger partial charge in [0.15, 0.2) is 0 Å². The van der Waals surface area contributed by atoms with E-state index in [1.165, 1.54) is 0 Å². The molecule has 0 saturated heterocycles. The minimum absolute atomic E-state index is 0. The normalized spacial score (nSPS) is 9.20. The van der Waals surface area contributed by atoms with Gasteiger partial charge in [-0.15, -0.1) is 0 Å². The van der Waals surface area contributed by atoms with Crippen molar-refractivity contribution in [2.75, 3.05) is 0 Å². The van der Waals surface area contributed by atoms with Crippen LogP contribution in [0, 0.1) is 0 Å². The molecule has 0 aliphatic rings. The second-order valence-corrected chi connectivity index (χ2v) is 1.96. The lowest BCUT2D eigenvalue weighted by atomic mass is 10.3. The first-order chi connectivity index (χ1) is 4.47. The second-order valence-electron chi connectivity index (χ2n) is 1.96. The van der Waals surface area contributed by atoms with Crippen LogP contribution in [0.3, 0.4) is 0 Å². The van der Waals surface area contributed by atoms with Crippen LogP contribution in [0.4, 0.5) is 0 Å². The van der Waals surface area contributed by atoms with Gasteiger partial charge in [0, 0.05) is 5.39 Å². The van der Waals surface area contributed by atoms with Crippen LogP contribution in [0.15, 0.2) is 30.5 Å². The van der Waals surface area contributed by atoms with E-state index in [1.54, 1.807) is 0 Å². The SMILES string of the molecule is C.c1ccc2[nH]ncc2c1. The third-order valence-corrected chi connectivity index (χ3v) is 1.35. The first-order valence-corrected chi connectivity index (χ1v) is 2.85. The molecular formula is C8H10N2. The minimum atomic E-state index is 0. The highest BCUT2D eigenvalue weighted by Gasteiger charge is 1.88. The Bertz CT molecular complexity index is 281. The number of benzene rings is 1. The molecule has 0 amide bonds. The summed E-state index contributed by atoms with van der Waals surface area (Å²) >= 11 is 0. The summed E-state index contributed by atoms with van der Waals surface area (Å²) in [4.78, 5) is 0. The number of para-hydroxylation sites is 1. The van der Waals surface area contributed by atoms with Crippen LogP contribution in [0.5, 0.6) is 0 Å². The van der Waals surface area contributed by atoms with E-state index in [4.69, 9.17) is 0 Å². The van der Waals surface area contributed by atoms with E-state index < -0.39 is 0 Å². The van der Waals surface area contributed by atoms with Gasteiger partial charge < -0.3 is 0 Å². The molecular weight excluding hydrogens is 124 g/mol. The number of aromatic nitrogens is 2. The van der Waals surface area contributed by atoms with Crippen molar-refractivity contribution in [1.82, 2.24) is 10.2 Å². The predicted octanol–water partition coefficient (Wildman–Crippen LogP) is 2.20. The number of H-pyrrole nitrogens is 1. The highest BCUT2D eigenvalue weighted by atomic mass is 15.1. The van der Waals surface area contributed by atoms with Crippen molar-refractivity contribution < 1.29 is 0 Å². The molecule has 2 nitrogen and oxygen atoms in total. The summed E-state index contributed by atoms with van der Waals surface area (Å²) in [6, 6.07) is 8.01. The number of nitrogens with one attached hydrogen (secondary N) is 1. The van der Waals surface area contributed by atoms with Crippen molar-refractivity contribution in [3.8, 4) is 0 Å². The molecule has 2 rings (SSSR count). The fraction of sp³-hybridized carbons (Fsp3) is 0.125. The van der Waals surface area contributed by atoms with Gasteiger partial charge >= 0.3 is 0 Å². The molecule has 0 radical (unpaired) electrons. The largest absolute Gasteiger partial charge is 0.278 e. The van der Waals surface area contributed by atoms with Crippen LogP contribution in [-0.2, 0) is 0 Å². The molecule has 0 spiro atoms. The van der Waals surface area contributed by atoms with Crippen molar-refractivity contribution in [1.29, 1.82) is 0 Å².